The molecule has 14 heavy (non-hydrogen) atoms. The summed E-state index contributed by atoms with van der Waals surface area (Å²) >= 11 is 3.29. The van der Waals surface area contributed by atoms with Gasteiger partial charge in [-0.15, -0.1) is 0 Å². The molecule has 0 aromatic carbocycles. The third kappa shape index (κ3) is 3.17. The van der Waals surface area contributed by atoms with E-state index < -0.39 is 6.09 Å². The zero-order valence-corrected chi connectivity index (χ0v) is 9.33. The van der Waals surface area contributed by atoms with Crippen molar-refractivity contribution >= 4 is 27.9 Å². The molecule has 1 atom stereocenters. The summed E-state index contributed by atoms with van der Waals surface area (Å²) in [5.74, 6) is 0.0596. The second-order valence-corrected chi connectivity index (χ2v) is 4.21. The summed E-state index contributed by atoms with van der Waals surface area (Å²) in [5, 5.41) is 0. The van der Waals surface area contributed by atoms with Crippen LogP contribution in [0.2, 0.25) is 0 Å². The van der Waals surface area contributed by atoms with Gasteiger partial charge in [0.25, 0.3) is 0 Å². The fourth-order valence-corrected chi connectivity index (χ4v) is 1.98. The van der Waals surface area contributed by atoms with Crippen LogP contribution in [0, 0.1) is 0 Å². The SMILES string of the molecule is NC(=O)OCCN1CCCC(Br)C1=O. The lowest BCUT2D eigenvalue weighted by Crippen LogP contribution is -2.43. The largest absolute Gasteiger partial charge is 0.448 e. The molecule has 0 aromatic heterocycles. The number of hydrogen-bond donors (Lipinski definition) is 1. The van der Waals surface area contributed by atoms with E-state index in [4.69, 9.17) is 5.73 Å². The van der Waals surface area contributed by atoms with Gasteiger partial charge in [-0.2, -0.15) is 0 Å². The predicted octanol–water partition coefficient (Wildman–Crippen LogP) is 0.468. The van der Waals surface area contributed by atoms with Crippen molar-refractivity contribution in [2.75, 3.05) is 19.7 Å². The van der Waals surface area contributed by atoms with Gasteiger partial charge in [0.1, 0.15) is 6.61 Å². The molecule has 5 nitrogen and oxygen atoms in total. The maximum atomic E-state index is 11.5. The summed E-state index contributed by atoms with van der Waals surface area (Å²) in [6.07, 6.45) is 1.04. The van der Waals surface area contributed by atoms with E-state index in [1.807, 2.05) is 0 Å². The van der Waals surface area contributed by atoms with Crippen LogP contribution in [-0.2, 0) is 9.53 Å². The van der Waals surface area contributed by atoms with Crippen LogP contribution < -0.4 is 5.73 Å². The second kappa shape index (κ2) is 5.19. The Labute approximate surface area is 90.7 Å². The molecule has 0 bridgehead atoms. The van der Waals surface area contributed by atoms with Crippen molar-refractivity contribution in [1.82, 2.24) is 4.90 Å². The second-order valence-electron chi connectivity index (χ2n) is 3.10. The standard InChI is InChI=1S/C8H13BrN2O3/c9-6-2-1-3-11(7(6)12)4-5-14-8(10)13/h6H,1-5H2,(H2,10,13). The van der Waals surface area contributed by atoms with Crippen molar-refractivity contribution in [3.63, 3.8) is 0 Å². The average Bonchev–Trinajstić information content (AvgIpc) is 2.12. The molecule has 0 spiro atoms. The highest BCUT2D eigenvalue weighted by Crippen LogP contribution is 2.17. The molecule has 1 fully saturated rings. The molecule has 2 amide bonds. The summed E-state index contributed by atoms with van der Waals surface area (Å²) in [6, 6.07) is 0. The van der Waals surface area contributed by atoms with Crippen LogP contribution in [0.5, 0.6) is 0 Å². The van der Waals surface area contributed by atoms with Crippen molar-refractivity contribution < 1.29 is 14.3 Å². The number of nitrogens with zero attached hydrogens (tertiary/aromatic N) is 1. The number of primary amides is 1. The number of ether oxygens (including phenoxy) is 1. The maximum Gasteiger partial charge on any atom is 0.404 e. The number of nitrogens with two attached hydrogens (primary N) is 1. The van der Waals surface area contributed by atoms with Gasteiger partial charge >= 0.3 is 6.09 Å². The molecular formula is C8H13BrN2O3. The summed E-state index contributed by atoms with van der Waals surface area (Å²) < 4.78 is 4.56. The number of piperidine rings is 1. The van der Waals surface area contributed by atoms with Crippen molar-refractivity contribution in [3.05, 3.63) is 0 Å². The Balaban J connectivity index is 2.29. The smallest absolute Gasteiger partial charge is 0.404 e. The number of carbonyl (C=O) groups is 2. The quantitative estimate of drug-likeness (QED) is 0.754. The molecule has 1 rings (SSSR count). The van der Waals surface area contributed by atoms with Crippen LogP contribution >= 0.6 is 15.9 Å². The number of amides is 2. The third-order valence-corrected chi connectivity index (χ3v) is 2.92. The van der Waals surface area contributed by atoms with Gasteiger partial charge in [0.05, 0.1) is 11.4 Å². The van der Waals surface area contributed by atoms with Gasteiger partial charge in [0.15, 0.2) is 0 Å². The molecule has 1 aliphatic heterocycles. The fraction of sp³-hybridized carbons (Fsp3) is 0.750. The molecule has 0 aromatic rings. The van der Waals surface area contributed by atoms with Crippen LogP contribution in [0.3, 0.4) is 0 Å². The zero-order valence-electron chi connectivity index (χ0n) is 7.74. The van der Waals surface area contributed by atoms with Crippen LogP contribution in [0.1, 0.15) is 12.8 Å². The molecule has 6 heteroatoms. The molecular weight excluding hydrogens is 252 g/mol. The highest BCUT2D eigenvalue weighted by molar-refractivity contribution is 9.10. The Bertz CT molecular complexity index is 235. The van der Waals surface area contributed by atoms with Crippen LogP contribution in [-0.4, -0.2) is 41.4 Å². The summed E-state index contributed by atoms with van der Waals surface area (Å²) in [4.78, 5) is 23.4. The van der Waals surface area contributed by atoms with E-state index in [1.54, 1.807) is 4.90 Å². The number of carbonyl (C=O) groups excluding carboxylic acids is 2. The molecule has 1 saturated heterocycles. The molecule has 1 heterocycles. The van der Waals surface area contributed by atoms with Crippen molar-refractivity contribution in [2.45, 2.75) is 17.7 Å². The van der Waals surface area contributed by atoms with Crippen molar-refractivity contribution in [1.29, 1.82) is 0 Å². The third-order valence-electron chi connectivity index (χ3n) is 2.07. The molecule has 0 saturated carbocycles. The first kappa shape index (κ1) is 11.3. The highest BCUT2D eigenvalue weighted by atomic mass is 79.9. The van der Waals surface area contributed by atoms with Crippen LogP contribution in [0.25, 0.3) is 0 Å². The lowest BCUT2D eigenvalue weighted by Gasteiger charge is -2.29. The van der Waals surface area contributed by atoms with E-state index in [9.17, 15) is 9.59 Å². The van der Waals surface area contributed by atoms with E-state index in [1.165, 1.54) is 0 Å². The number of halogens is 1. The van der Waals surface area contributed by atoms with Gasteiger partial charge in [-0.25, -0.2) is 4.79 Å². The molecule has 2 N–H and O–H groups in total. The lowest BCUT2D eigenvalue weighted by molar-refractivity contribution is -0.132. The van der Waals surface area contributed by atoms with Gasteiger partial charge in [-0.3, -0.25) is 4.79 Å². The number of likely N-dealkylation sites (tertiary alicyclic amines) is 1. The molecule has 0 radical (unpaired) electrons. The van der Waals surface area contributed by atoms with E-state index in [2.05, 4.69) is 20.7 Å². The minimum absolute atomic E-state index is 0.0596. The summed E-state index contributed by atoms with van der Waals surface area (Å²) in [6.45, 7) is 1.31. The Morgan fingerprint density at radius 3 is 3.07 bits per heavy atom. The topological polar surface area (TPSA) is 72.6 Å². The Morgan fingerprint density at radius 2 is 2.43 bits per heavy atom. The lowest BCUT2D eigenvalue weighted by atomic mass is 10.1. The number of hydrogen-bond acceptors (Lipinski definition) is 3. The maximum absolute atomic E-state index is 11.5. The predicted molar refractivity (Wildman–Crippen MR) is 54.1 cm³/mol. The normalized spacial score (nSPS) is 22.2. The van der Waals surface area contributed by atoms with Crippen LogP contribution in [0.4, 0.5) is 4.79 Å². The van der Waals surface area contributed by atoms with Gasteiger partial charge < -0.3 is 15.4 Å². The van der Waals surface area contributed by atoms with Gasteiger partial charge in [0.2, 0.25) is 5.91 Å². The monoisotopic (exact) mass is 264 g/mol. The Kier molecular flexibility index (Phi) is 4.19. The first-order chi connectivity index (χ1) is 6.61. The summed E-state index contributed by atoms with van der Waals surface area (Å²) in [7, 11) is 0. The van der Waals surface area contributed by atoms with E-state index >= 15 is 0 Å². The number of rotatable bonds is 3. The van der Waals surface area contributed by atoms with E-state index in [-0.39, 0.29) is 17.3 Å². The number of alkyl halides is 1. The molecule has 1 unspecified atom stereocenters. The first-order valence-electron chi connectivity index (χ1n) is 4.46. The van der Waals surface area contributed by atoms with Gasteiger partial charge in [0, 0.05) is 6.54 Å². The first-order valence-corrected chi connectivity index (χ1v) is 5.38. The molecule has 0 aliphatic carbocycles. The average molecular weight is 265 g/mol. The molecule has 80 valence electrons. The van der Waals surface area contributed by atoms with Gasteiger partial charge in [-0.05, 0) is 12.8 Å². The van der Waals surface area contributed by atoms with Gasteiger partial charge in [-0.1, -0.05) is 15.9 Å². The van der Waals surface area contributed by atoms with Crippen LogP contribution in [0.15, 0.2) is 0 Å². The fourth-order valence-electron chi connectivity index (χ4n) is 1.37. The minimum Gasteiger partial charge on any atom is -0.448 e. The minimum atomic E-state index is -0.801. The zero-order chi connectivity index (χ0) is 10.6. The van der Waals surface area contributed by atoms with E-state index in [0.29, 0.717) is 6.54 Å². The molecule has 1 aliphatic rings. The van der Waals surface area contributed by atoms with Crippen molar-refractivity contribution in [3.8, 4) is 0 Å². The highest BCUT2D eigenvalue weighted by Gasteiger charge is 2.25. The Hall–Kier alpha value is -0.780. The van der Waals surface area contributed by atoms with Crippen molar-refractivity contribution in [2.24, 2.45) is 5.73 Å². The summed E-state index contributed by atoms with van der Waals surface area (Å²) in [5.41, 5.74) is 4.80. The van der Waals surface area contributed by atoms with E-state index in [0.717, 1.165) is 19.4 Å². The Morgan fingerprint density at radius 1 is 1.71 bits per heavy atom.